The van der Waals surface area contributed by atoms with Gasteiger partial charge in [-0.2, -0.15) is 0 Å². The van der Waals surface area contributed by atoms with Gasteiger partial charge in [-0.1, -0.05) is 12.1 Å². The summed E-state index contributed by atoms with van der Waals surface area (Å²) in [6.45, 7) is 0.361. The third kappa shape index (κ3) is 4.64. The SMILES string of the molecule is NC(O)N1CCCc2cc(-c3cncc(-c4ccc(S(=O)(=O)NCCO)cc4)c3)cnc21. The summed E-state index contributed by atoms with van der Waals surface area (Å²) >= 11 is 0. The van der Waals surface area contributed by atoms with E-state index < -0.39 is 16.4 Å². The van der Waals surface area contributed by atoms with Crippen LogP contribution in [0.15, 0.2) is 59.9 Å². The topological polar surface area (TPSA) is 142 Å². The summed E-state index contributed by atoms with van der Waals surface area (Å²) in [7, 11) is -3.66. The molecule has 3 aromatic rings. The van der Waals surface area contributed by atoms with E-state index in [1.54, 1.807) is 35.6 Å². The van der Waals surface area contributed by atoms with Crippen LogP contribution >= 0.6 is 0 Å². The molecule has 1 unspecified atom stereocenters. The number of aliphatic hydroxyl groups excluding tert-OH is 2. The Morgan fingerprint density at radius 1 is 1.06 bits per heavy atom. The Hall–Kier alpha value is -2.89. The monoisotopic (exact) mass is 455 g/mol. The van der Waals surface area contributed by atoms with Gasteiger partial charge >= 0.3 is 0 Å². The maximum atomic E-state index is 12.2. The van der Waals surface area contributed by atoms with Gasteiger partial charge in [0.1, 0.15) is 5.82 Å². The predicted molar refractivity (Wildman–Crippen MR) is 121 cm³/mol. The van der Waals surface area contributed by atoms with Crippen LogP contribution in [0.25, 0.3) is 22.3 Å². The number of pyridine rings is 2. The molecule has 9 nitrogen and oxygen atoms in total. The molecule has 1 aliphatic rings. The van der Waals surface area contributed by atoms with Crippen LogP contribution < -0.4 is 15.4 Å². The molecule has 32 heavy (non-hydrogen) atoms. The second-order valence-electron chi connectivity index (χ2n) is 7.53. The van der Waals surface area contributed by atoms with Crippen molar-refractivity contribution in [2.45, 2.75) is 24.1 Å². The first-order chi connectivity index (χ1) is 15.4. The average molecular weight is 456 g/mol. The highest BCUT2D eigenvalue weighted by atomic mass is 32.2. The molecule has 1 aliphatic heterocycles. The highest BCUT2D eigenvalue weighted by molar-refractivity contribution is 7.89. The molecule has 0 amide bonds. The number of hydrogen-bond donors (Lipinski definition) is 4. The maximum absolute atomic E-state index is 12.2. The average Bonchev–Trinajstić information content (AvgIpc) is 2.82. The molecule has 1 atom stereocenters. The Bertz CT molecular complexity index is 1200. The largest absolute Gasteiger partial charge is 0.395 e. The number of aryl methyl sites for hydroxylation is 1. The predicted octanol–water partition coefficient (Wildman–Crippen LogP) is 1.07. The smallest absolute Gasteiger partial charge is 0.240 e. The lowest BCUT2D eigenvalue weighted by Gasteiger charge is -2.32. The lowest BCUT2D eigenvalue weighted by atomic mass is 9.99. The molecule has 0 saturated carbocycles. The second-order valence-corrected chi connectivity index (χ2v) is 9.29. The van der Waals surface area contributed by atoms with Crippen LogP contribution in [-0.2, 0) is 16.4 Å². The number of nitrogens with two attached hydrogens (primary N) is 1. The molecule has 2 aromatic heterocycles. The second kappa shape index (κ2) is 9.31. The quantitative estimate of drug-likeness (QED) is 0.388. The van der Waals surface area contributed by atoms with Crippen LogP contribution in [0.4, 0.5) is 5.82 Å². The van der Waals surface area contributed by atoms with Gasteiger partial charge in [-0.3, -0.25) is 10.7 Å². The molecule has 0 spiro atoms. The third-order valence-corrected chi connectivity index (χ3v) is 6.83. The van der Waals surface area contributed by atoms with Gasteiger partial charge in [-0.25, -0.2) is 18.1 Å². The van der Waals surface area contributed by atoms with Gasteiger partial charge in [0.05, 0.1) is 11.5 Å². The lowest BCUT2D eigenvalue weighted by molar-refractivity contribution is 0.173. The summed E-state index contributed by atoms with van der Waals surface area (Å²) in [5.74, 6) is 0.700. The maximum Gasteiger partial charge on any atom is 0.240 e. The first-order valence-corrected chi connectivity index (χ1v) is 11.7. The number of benzene rings is 1. The molecule has 168 valence electrons. The van der Waals surface area contributed by atoms with Gasteiger partial charge in [-0.15, -0.1) is 0 Å². The minimum absolute atomic E-state index is 0.0349. The third-order valence-electron chi connectivity index (χ3n) is 5.35. The van der Waals surface area contributed by atoms with Crippen molar-refractivity contribution in [1.29, 1.82) is 0 Å². The Morgan fingerprint density at radius 3 is 2.44 bits per heavy atom. The molecular weight excluding hydrogens is 430 g/mol. The van der Waals surface area contributed by atoms with Crippen LogP contribution in [0, 0.1) is 0 Å². The summed E-state index contributed by atoms with van der Waals surface area (Å²) in [4.78, 5) is 10.7. The van der Waals surface area contributed by atoms with Crippen molar-refractivity contribution in [3.63, 3.8) is 0 Å². The molecule has 4 rings (SSSR count). The minimum Gasteiger partial charge on any atom is -0.395 e. The van der Waals surface area contributed by atoms with Gasteiger partial charge in [0.25, 0.3) is 0 Å². The van der Waals surface area contributed by atoms with E-state index in [4.69, 9.17) is 10.8 Å². The Labute approximate surface area is 186 Å². The zero-order chi connectivity index (χ0) is 22.7. The molecule has 10 heteroatoms. The molecule has 5 N–H and O–H groups in total. The molecular formula is C22H25N5O4S. The van der Waals surface area contributed by atoms with E-state index in [9.17, 15) is 13.5 Å². The van der Waals surface area contributed by atoms with E-state index in [-0.39, 0.29) is 18.0 Å². The molecule has 0 aliphatic carbocycles. The normalized spacial score (nSPS) is 14.8. The van der Waals surface area contributed by atoms with E-state index in [2.05, 4.69) is 14.7 Å². The van der Waals surface area contributed by atoms with Crippen LogP contribution in [0.1, 0.15) is 12.0 Å². The van der Waals surface area contributed by atoms with Crippen molar-refractivity contribution in [3.8, 4) is 22.3 Å². The molecule has 0 radical (unpaired) electrons. The van der Waals surface area contributed by atoms with E-state index in [1.807, 2.05) is 12.1 Å². The summed E-state index contributed by atoms with van der Waals surface area (Å²) in [5, 5.41) is 18.6. The van der Waals surface area contributed by atoms with Crippen molar-refractivity contribution in [3.05, 3.63) is 60.6 Å². The summed E-state index contributed by atoms with van der Waals surface area (Å²) < 4.78 is 26.7. The summed E-state index contributed by atoms with van der Waals surface area (Å²) in [6, 6.07) is 10.5. The number of nitrogens with zero attached hydrogens (tertiary/aromatic N) is 3. The van der Waals surface area contributed by atoms with Crippen molar-refractivity contribution in [1.82, 2.24) is 14.7 Å². The fraction of sp³-hybridized carbons (Fsp3) is 0.273. The molecule has 0 fully saturated rings. The van der Waals surface area contributed by atoms with Gasteiger partial charge in [0.15, 0.2) is 6.35 Å². The molecule has 0 saturated heterocycles. The van der Waals surface area contributed by atoms with Gasteiger partial charge < -0.3 is 15.1 Å². The Kier molecular flexibility index (Phi) is 6.49. The number of sulfonamides is 1. The van der Waals surface area contributed by atoms with Gasteiger partial charge in [-0.05, 0) is 48.2 Å². The van der Waals surface area contributed by atoms with Crippen molar-refractivity contribution in [2.24, 2.45) is 5.73 Å². The molecule has 3 heterocycles. The number of nitrogens with one attached hydrogen (secondary N) is 1. The Morgan fingerprint density at radius 2 is 1.75 bits per heavy atom. The van der Waals surface area contributed by atoms with Crippen LogP contribution in [0.3, 0.4) is 0 Å². The number of aliphatic hydroxyl groups is 2. The van der Waals surface area contributed by atoms with Crippen molar-refractivity contribution < 1.29 is 18.6 Å². The fourth-order valence-corrected chi connectivity index (χ4v) is 4.77. The number of anilines is 1. The van der Waals surface area contributed by atoms with Crippen LogP contribution in [-0.4, -0.2) is 54.6 Å². The van der Waals surface area contributed by atoms with E-state index in [0.717, 1.165) is 40.7 Å². The number of rotatable bonds is 7. The first kappa shape index (κ1) is 22.3. The van der Waals surface area contributed by atoms with Gasteiger partial charge in [0.2, 0.25) is 10.0 Å². The van der Waals surface area contributed by atoms with E-state index in [0.29, 0.717) is 12.4 Å². The van der Waals surface area contributed by atoms with E-state index in [1.165, 1.54) is 12.1 Å². The van der Waals surface area contributed by atoms with Crippen molar-refractivity contribution in [2.75, 3.05) is 24.6 Å². The molecule has 0 bridgehead atoms. The zero-order valence-electron chi connectivity index (χ0n) is 17.3. The molecule has 1 aromatic carbocycles. The highest BCUT2D eigenvalue weighted by Gasteiger charge is 2.22. The fourth-order valence-electron chi connectivity index (χ4n) is 3.75. The zero-order valence-corrected chi connectivity index (χ0v) is 18.2. The summed E-state index contributed by atoms with van der Waals surface area (Å²) in [6.07, 6.45) is 5.86. The van der Waals surface area contributed by atoms with Crippen LogP contribution in [0.2, 0.25) is 0 Å². The first-order valence-electron chi connectivity index (χ1n) is 10.2. The Balaban J connectivity index is 1.61. The minimum atomic E-state index is -3.66. The number of aromatic nitrogens is 2. The lowest BCUT2D eigenvalue weighted by Crippen LogP contribution is -2.45. The number of hydrogen-bond acceptors (Lipinski definition) is 8. The van der Waals surface area contributed by atoms with Gasteiger partial charge in [0, 0.05) is 48.4 Å². The summed E-state index contributed by atoms with van der Waals surface area (Å²) in [5.41, 5.74) is 10.1. The highest BCUT2D eigenvalue weighted by Crippen LogP contribution is 2.31. The standard InChI is InChI=1S/C22H25N5O4S/c23-22(29)27-8-1-2-16-10-19(14-25-21(16)27)18-11-17(12-24-13-18)15-3-5-20(6-4-15)32(30,31)26-7-9-28/h3-6,10-14,22,26,28-29H,1-2,7-9,23H2. The number of fused-ring (bicyclic) bond motifs is 1. The van der Waals surface area contributed by atoms with E-state index >= 15 is 0 Å². The van der Waals surface area contributed by atoms with Crippen molar-refractivity contribution >= 4 is 15.8 Å². The van der Waals surface area contributed by atoms with Crippen LogP contribution in [0.5, 0.6) is 0 Å².